The first-order valence-electron chi connectivity index (χ1n) is 4.28. The van der Waals surface area contributed by atoms with Crippen molar-refractivity contribution in [1.29, 1.82) is 0 Å². The van der Waals surface area contributed by atoms with Crippen molar-refractivity contribution >= 4 is 11.7 Å². The van der Waals surface area contributed by atoms with E-state index < -0.39 is 0 Å². The summed E-state index contributed by atoms with van der Waals surface area (Å²) in [5.74, 6) is 0.305. The van der Waals surface area contributed by atoms with Crippen LogP contribution < -0.4 is 5.32 Å². The highest BCUT2D eigenvalue weighted by Crippen LogP contribution is 2.27. The largest absolute Gasteiger partial charge is 0.329 e. The Balaban J connectivity index is 2.22. The molecule has 1 aliphatic heterocycles. The fourth-order valence-corrected chi connectivity index (χ4v) is 1.76. The van der Waals surface area contributed by atoms with Gasteiger partial charge in [-0.25, -0.2) is 0 Å². The zero-order chi connectivity index (χ0) is 8.55. The van der Waals surface area contributed by atoms with E-state index >= 15 is 0 Å². The second-order valence-electron chi connectivity index (χ2n) is 3.35. The van der Waals surface area contributed by atoms with Crippen LogP contribution in [0.2, 0.25) is 0 Å². The van der Waals surface area contributed by atoms with Crippen LogP contribution in [0.4, 0.5) is 0 Å². The van der Waals surface area contributed by atoms with Crippen LogP contribution in [0.5, 0.6) is 0 Å². The van der Waals surface area contributed by atoms with E-state index in [1.807, 2.05) is 0 Å². The summed E-state index contributed by atoms with van der Waals surface area (Å²) in [6.45, 7) is 0. The van der Waals surface area contributed by atoms with E-state index in [4.69, 9.17) is 0 Å². The highest BCUT2D eigenvalue weighted by Gasteiger charge is 2.23. The van der Waals surface area contributed by atoms with Gasteiger partial charge in [-0.15, -0.1) is 0 Å². The number of carbonyl (C=O) groups is 2. The second kappa shape index (κ2) is 2.73. The van der Waals surface area contributed by atoms with Crippen molar-refractivity contribution in [3.63, 3.8) is 0 Å². The second-order valence-corrected chi connectivity index (χ2v) is 3.35. The normalized spacial score (nSPS) is 23.7. The molecule has 2 rings (SSSR count). The topological polar surface area (TPSA) is 46.2 Å². The van der Waals surface area contributed by atoms with E-state index in [-0.39, 0.29) is 11.7 Å². The van der Waals surface area contributed by atoms with Gasteiger partial charge in [0.25, 0.3) is 0 Å². The first-order chi connectivity index (χ1) is 5.75. The van der Waals surface area contributed by atoms with Gasteiger partial charge in [0.1, 0.15) is 5.78 Å². The molecule has 0 saturated heterocycles. The molecule has 0 aromatic rings. The van der Waals surface area contributed by atoms with Crippen molar-refractivity contribution in [2.75, 3.05) is 0 Å². The maximum Gasteiger partial charge on any atom is 0.224 e. The summed E-state index contributed by atoms with van der Waals surface area (Å²) in [4.78, 5) is 22.0. The lowest BCUT2D eigenvalue weighted by atomic mass is 9.90. The third-order valence-electron chi connectivity index (χ3n) is 2.45. The summed E-state index contributed by atoms with van der Waals surface area (Å²) in [5.41, 5.74) is 2.18. The summed E-state index contributed by atoms with van der Waals surface area (Å²) in [6.07, 6.45) is 3.41. The number of carbonyl (C=O) groups excluding carboxylic acids is 2. The number of hydrogen-bond donors (Lipinski definition) is 1. The predicted octanol–water partition coefficient (Wildman–Crippen LogP) is 0.903. The number of rotatable bonds is 0. The molecule has 0 bridgehead atoms. The van der Waals surface area contributed by atoms with Crippen molar-refractivity contribution in [3.8, 4) is 0 Å². The fourth-order valence-electron chi connectivity index (χ4n) is 1.76. The third kappa shape index (κ3) is 1.26. The SMILES string of the molecule is O=C1CCC2=C(C1)NC(=O)CC2. The molecule has 1 N–H and O–H groups in total. The average molecular weight is 165 g/mol. The molecule has 3 nitrogen and oxygen atoms in total. The van der Waals surface area contributed by atoms with Crippen LogP contribution in [0.15, 0.2) is 11.3 Å². The molecular weight excluding hydrogens is 154 g/mol. The molecule has 64 valence electrons. The van der Waals surface area contributed by atoms with Gasteiger partial charge in [-0.1, -0.05) is 0 Å². The zero-order valence-corrected chi connectivity index (χ0v) is 6.85. The molecule has 1 heterocycles. The molecule has 0 fully saturated rings. The predicted molar refractivity (Wildman–Crippen MR) is 43.3 cm³/mol. The lowest BCUT2D eigenvalue weighted by molar-refractivity contribution is -0.121. The van der Waals surface area contributed by atoms with Crippen molar-refractivity contribution in [1.82, 2.24) is 5.32 Å². The average Bonchev–Trinajstić information content (AvgIpc) is 2.03. The molecule has 1 amide bonds. The van der Waals surface area contributed by atoms with Crippen molar-refractivity contribution in [2.24, 2.45) is 0 Å². The number of ketones is 1. The first kappa shape index (κ1) is 7.53. The summed E-state index contributed by atoms with van der Waals surface area (Å²) < 4.78 is 0. The summed E-state index contributed by atoms with van der Waals surface area (Å²) in [6, 6.07) is 0. The van der Waals surface area contributed by atoms with Gasteiger partial charge in [-0.05, 0) is 18.4 Å². The van der Waals surface area contributed by atoms with E-state index in [0.717, 1.165) is 18.5 Å². The van der Waals surface area contributed by atoms with E-state index in [9.17, 15) is 9.59 Å². The lowest BCUT2D eigenvalue weighted by Gasteiger charge is -2.24. The summed E-state index contributed by atoms with van der Waals surface area (Å²) in [7, 11) is 0. The van der Waals surface area contributed by atoms with E-state index in [1.54, 1.807) is 0 Å². The minimum Gasteiger partial charge on any atom is -0.329 e. The third-order valence-corrected chi connectivity index (χ3v) is 2.45. The molecule has 1 aliphatic carbocycles. The van der Waals surface area contributed by atoms with E-state index in [0.29, 0.717) is 19.3 Å². The molecular formula is C9H11NO2. The van der Waals surface area contributed by atoms with Crippen LogP contribution >= 0.6 is 0 Å². The van der Waals surface area contributed by atoms with Crippen LogP contribution in [-0.2, 0) is 9.59 Å². The molecule has 12 heavy (non-hydrogen) atoms. The molecule has 0 saturated carbocycles. The molecule has 3 heteroatoms. The summed E-state index contributed by atoms with van der Waals surface area (Å²) >= 11 is 0. The maximum absolute atomic E-state index is 11.0. The smallest absolute Gasteiger partial charge is 0.224 e. The van der Waals surface area contributed by atoms with E-state index in [1.165, 1.54) is 5.57 Å². The van der Waals surface area contributed by atoms with Gasteiger partial charge < -0.3 is 5.32 Å². The highest BCUT2D eigenvalue weighted by molar-refractivity contribution is 5.87. The van der Waals surface area contributed by atoms with Gasteiger partial charge in [-0.3, -0.25) is 9.59 Å². The monoisotopic (exact) mass is 165 g/mol. The lowest BCUT2D eigenvalue weighted by Crippen LogP contribution is -2.31. The molecule has 0 radical (unpaired) electrons. The van der Waals surface area contributed by atoms with Crippen molar-refractivity contribution < 1.29 is 9.59 Å². The Kier molecular flexibility index (Phi) is 1.71. The Bertz CT molecular complexity index is 252. The van der Waals surface area contributed by atoms with Crippen LogP contribution in [-0.4, -0.2) is 11.7 Å². The van der Waals surface area contributed by atoms with Crippen molar-refractivity contribution in [3.05, 3.63) is 11.3 Å². The molecule has 2 aliphatic rings. The van der Waals surface area contributed by atoms with Gasteiger partial charge in [0.05, 0.1) is 0 Å². The van der Waals surface area contributed by atoms with Gasteiger partial charge in [0.15, 0.2) is 0 Å². The Labute approximate surface area is 70.8 Å². The quantitative estimate of drug-likeness (QED) is 0.579. The number of hydrogen-bond acceptors (Lipinski definition) is 2. The zero-order valence-electron chi connectivity index (χ0n) is 6.85. The standard InChI is InChI=1S/C9H11NO2/c11-7-3-1-6-2-4-9(12)10-8(6)5-7/h1-5H2,(H,10,12). The Morgan fingerprint density at radius 1 is 1.00 bits per heavy atom. The van der Waals surface area contributed by atoms with Gasteiger partial charge in [0.2, 0.25) is 5.91 Å². The minimum absolute atomic E-state index is 0.0588. The molecule has 0 atom stereocenters. The fraction of sp³-hybridized carbons (Fsp3) is 0.556. The molecule has 0 aromatic heterocycles. The number of Topliss-reactive ketones (excluding diaryl/α,β-unsaturated/α-hetero) is 1. The van der Waals surface area contributed by atoms with Crippen molar-refractivity contribution in [2.45, 2.75) is 32.1 Å². The van der Waals surface area contributed by atoms with Gasteiger partial charge in [-0.2, -0.15) is 0 Å². The minimum atomic E-state index is 0.0588. The van der Waals surface area contributed by atoms with Gasteiger partial charge in [0, 0.05) is 25.0 Å². The molecule has 0 aromatic carbocycles. The summed E-state index contributed by atoms with van der Waals surface area (Å²) in [5, 5.41) is 2.77. The number of amides is 1. The Hall–Kier alpha value is -1.12. The van der Waals surface area contributed by atoms with Crippen LogP contribution in [0.3, 0.4) is 0 Å². The Morgan fingerprint density at radius 2 is 1.75 bits per heavy atom. The molecule has 0 spiro atoms. The van der Waals surface area contributed by atoms with Crippen LogP contribution in [0, 0.1) is 0 Å². The van der Waals surface area contributed by atoms with E-state index in [2.05, 4.69) is 5.32 Å². The Morgan fingerprint density at radius 3 is 2.58 bits per heavy atom. The first-order valence-corrected chi connectivity index (χ1v) is 4.28. The maximum atomic E-state index is 11.0. The van der Waals surface area contributed by atoms with Crippen LogP contribution in [0.25, 0.3) is 0 Å². The molecule has 0 unspecified atom stereocenters. The van der Waals surface area contributed by atoms with Gasteiger partial charge >= 0.3 is 0 Å². The number of nitrogens with one attached hydrogen (secondary N) is 1. The van der Waals surface area contributed by atoms with Crippen LogP contribution in [0.1, 0.15) is 32.1 Å². The highest BCUT2D eigenvalue weighted by atomic mass is 16.2. The number of allylic oxidation sites excluding steroid dienone is 2.